The molecule has 1 saturated heterocycles. The molecule has 1 heterocycles. The van der Waals surface area contributed by atoms with Crippen molar-refractivity contribution >= 4 is 17.7 Å². The number of carbonyl (C=O) groups excluding carboxylic acids is 1. The van der Waals surface area contributed by atoms with Gasteiger partial charge in [-0.2, -0.15) is 11.8 Å². The third-order valence-electron chi connectivity index (χ3n) is 3.57. The van der Waals surface area contributed by atoms with Gasteiger partial charge in [0, 0.05) is 30.2 Å². The standard InChI is InChI=1S/C17H16FNOS/c18-16-6-2-4-14(12-16)13-3-1-5-15(11-13)17(20)19-7-9-21-10-8-19/h1-6,11-12H,7-10H2. The number of thioether (sulfide) groups is 1. The zero-order valence-corrected chi connectivity index (χ0v) is 12.4. The molecule has 1 fully saturated rings. The number of rotatable bonds is 2. The van der Waals surface area contributed by atoms with E-state index in [1.807, 2.05) is 47.0 Å². The van der Waals surface area contributed by atoms with Crippen LogP contribution in [0.25, 0.3) is 11.1 Å². The van der Waals surface area contributed by atoms with E-state index in [4.69, 9.17) is 0 Å². The van der Waals surface area contributed by atoms with E-state index in [-0.39, 0.29) is 11.7 Å². The Bertz CT molecular complexity index is 653. The Morgan fingerprint density at radius 2 is 1.67 bits per heavy atom. The minimum atomic E-state index is -0.266. The minimum absolute atomic E-state index is 0.0635. The van der Waals surface area contributed by atoms with E-state index in [2.05, 4.69) is 0 Å². The predicted octanol–water partition coefficient (Wildman–Crippen LogP) is 3.68. The van der Waals surface area contributed by atoms with Crippen molar-refractivity contribution in [2.45, 2.75) is 0 Å². The average Bonchev–Trinajstić information content (AvgIpc) is 2.55. The molecule has 0 atom stereocenters. The third-order valence-corrected chi connectivity index (χ3v) is 4.51. The highest BCUT2D eigenvalue weighted by atomic mass is 32.2. The van der Waals surface area contributed by atoms with Gasteiger partial charge < -0.3 is 4.90 Å². The second kappa shape index (κ2) is 6.31. The molecule has 0 bridgehead atoms. The molecule has 4 heteroatoms. The molecule has 0 aromatic heterocycles. The van der Waals surface area contributed by atoms with Gasteiger partial charge in [0.05, 0.1) is 0 Å². The SMILES string of the molecule is O=C(c1cccc(-c2cccc(F)c2)c1)N1CCSCC1. The van der Waals surface area contributed by atoms with E-state index in [0.29, 0.717) is 5.56 Å². The van der Waals surface area contributed by atoms with Crippen molar-refractivity contribution in [3.8, 4) is 11.1 Å². The van der Waals surface area contributed by atoms with Crippen molar-refractivity contribution in [1.29, 1.82) is 0 Å². The summed E-state index contributed by atoms with van der Waals surface area (Å²) >= 11 is 1.88. The Kier molecular flexibility index (Phi) is 4.25. The summed E-state index contributed by atoms with van der Waals surface area (Å²) in [5.41, 5.74) is 2.33. The fraction of sp³-hybridized carbons (Fsp3) is 0.235. The fourth-order valence-corrected chi connectivity index (χ4v) is 3.35. The van der Waals surface area contributed by atoms with Crippen molar-refractivity contribution in [3.05, 3.63) is 59.9 Å². The Hall–Kier alpha value is -1.81. The van der Waals surface area contributed by atoms with E-state index in [0.717, 1.165) is 35.7 Å². The lowest BCUT2D eigenvalue weighted by atomic mass is 10.0. The number of nitrogens with zero attached hydrogens (tertiary/aromatic N) is 1. The molecular weight excluding hydrogens is 285 g/mol. The van der Waals surface area contributed by atoms with Gasteiger partial charge in [0.1, 0.15) is 5.82 Å². The maximum atomic E-state index is 13.3. The highest BCUT2D eigenvalue weighted by Gasteiger charge is 2.18. The molecule has 0 spiro atoms. The van der Waals surface area contributed by atoms with E-state index >= 15 is 0 Å². The third kappa shape index (κ3) is 3.27. The van der Waals surface area contributed by atoms with E-state index < -0.39 is 0 Å². The van der Waals surface area contributed by atoms with Gasteiger partial charge in [-0.25, -0.2) is 4.39 Å². The smallest absolute Gasteiger partial charge is 0.253 e. The normalized spacial score (nSPS) is 15.0. The molecule has 2 aromatic carbocycles. The Labute approximate surface area is 128 Å². The van der Waals surface area contributed by atoms with Crippen molar-refractivity contribution in [1.82, 2.24) is 4.90 Å². The Morgan fingerprint density at radius 3 is 2.38 bits per heavy atom. The fourth-order valence-electron chi connectivity index (χ4n) is 2.45. The number of hydrogen-bond donors (Lipinski definition) is 0. The first-order valence-electron chi connectivity index (χ1n) is 6.97. The molecular formula is C17H16FNOS. The summed E-state index contributed by atoms with van der Waals surface area (Å²) in [5.74, 6) is 1.79. The quantitative estimate of drug-likeness (QED) is 0.843. The van der Waals surface area contributed by atoms with Gasteiger partial charge >= 0.3 is 0 Å². The maximum absolute atomic E-state index is 13.3. The van der Waals surface area contributed by atoms with Gasteiger partial charge in [0.25, 0.3) is 5.91 Å². The van der Waals surface area contributed by atoms with Crippen LogP contribution in [0, 0.1) is 5.82 Å². The van der Waals surface area contributed by atoms with Gasteiger partial charge in [-0.15, -0.1) is 0 Å². The van der Waals surface area contributed by atoms with Crippen LogP contribution in [0.1, 0.15) is 10.4 Å². The molecule has 1 amide bonds. The molecule has 3 rings (SSSR count). The van der Waals surface area contributed by atoms with Crippen LogP contribution in [0.4, 0.5) is 4.39 Å². The zero-order chi connectivity index (χ0) is 14.7. The number of amides is 1. The summed E-state index contributed by atoms with van der Waals surface area (Å²) in [6.07, 6.45) is 0. The Balaban J connectivity index is 1.87. The molecule has 0 saturated carbocycles. The van der Waals surface area contributed by atoms with Crippen LogP contribution in [0.3, 0.4) is 0 Å². The largest absolute Gasteiger partial charge is 0.337 e. The molecule has 0 N–H and O–H groups in total. The van der Waals surface area contributed by atoms with Gasteiger partial charge in [0.2, 0.25) is 0 Å². The van der Waals surface area contributed by atoms with Crippen molar-refractivity contribution in [2.24, 2.45) is 0 Å². The van der Waals surface area contributed by atoms with Crippen LogP contribution in [-0.4, -0.2) is 35.4 Å². The lowest BCUT2D eigenvalue weighted by Gasteiger charge is -2.26. The number of carbonyl (C=O) groups is 1. The zero-order valence-electron chi connectivity index (χ0n) is 11.6. The molecule has 0 aliphatic carbocycles. The van der Waals surface area contributed by atoms with Crippen LogP contribution in [-0.2, 0) is 0 Å². The first-order valence-corrected chi connectivity index (χ1v) is 8.12. The summed E-state index contributed by atoms with van der Waals surface area (Å²) in [4.78, 5) is 14.4. The summed E-state index contributed by atoms with van der Waals surface area (Å²) in [6.45, 7) is 1.60. The van der Waals surface area contributed by atoms with Crippen molar-refractivity contribution in [3.63, 3.8) is 0 Å². The van der Waals surface area contributed by atoms with Crippen molar-refractivity contribution in [2.75, 3.05) is 24.6 Å². The monoisotopic (exact) mass is 301 g/mol. The van der Waals surface area contributed by atoms with E-state index in [1.165, 1.54) is 12.1 Å². The summed E-state index contributed by atoms with van der Waals surface area (Å²) in [7, 11) is 0. The topological polar surface area (TPSA) is 20.3 Å². The van der Waals surface area contributed by atoms with Crippen LogP contribution in [0.15, 0.2) is 48.5 Å². The van der Waals surface area contributed by atoms with Crippen LogP contribution in [0.5, 0.6) is 0 Å². The highest BCUT2D eigenvalue weighted by Crippen LogP contribution is 2.22. The average molecular weight is 301 g/mol. The molecule has 1 aliphatic heterocycles. The van der Waals surface area contributed by atoms with E-state index in [9.17, 15) is 9.18 Å². The van der Waals surface area contributed by atoms with Crippen LogP contribution < -0.4 is 0 Å². The molecule has 0 radical (unpaired) electrons. The molecule has 21 heavy (non-hydrogen) atoms. The van der Waals surface area contributed by atoms with Gasteiger partial charge in [-0.3, -0.25) is 4.79 Å². The first kappa shape index (κ1) is 14.1. The molecule has 2 nitrogen and oxygen atoms in total. The lowest BCUT2D eigenvalue weighted by molar-refractivity contribution is 0.0772. The summed E-state index contributed by atoms with van der Waals surface area (Å²) in [5, 5.41) is 0. The van der Waals surface area contributed by atoms with Gasteiger partial charge in [-0.05, 0) is 35.4 Å². The van der Waals surface area contributed by atoms with Gasteiger partial charge in [-0.1, -0.05) is 24.3 Å². The molecule has 108 valence electrons. The maximum Gasteiger partial charge on any atom is 0.253 e. The molecule has 2 aromatic rings. The predicted molar refractivity (Wildman–Crippen MR) is 85.1 cm³/mol. The number of hydrogen-bond acceptors (Lipinski definition) is 2. The Morgan fingerprint density at radius 1 is 1.00 bits per heavy atom. The summed E-state index contributed by atoms with van der Waals surface area (Å²) in [6, 6.07) is 13.9. The van der Waals surface area contributed by atoms with Crippen LogP contribution >= 0.6 is 11.8 Å². The lowest BCUT2D eigenvalue weighted by Crippen LogP contribution is -2.37. The highest BCUT2D eigenvalue weighted by molar-refractivity contribution is 7.99. The van der Waals surface area contributed by atoms with Crippen LogP contribution in [0.2, 0.25) is 0 Å². The van der Waals surface area contributed by atoms with E-state index in [1.54, 1.807) is 6.07 Å². The second-order valence-corrected chi connectivity index (χ2v) is 6.22. The van der Waals surface area contributed by atoms with Crippen molar-refractivity contribution < 1.29 is 9.18 Å². The minimum Gasteiger partial charge on any atom is -0.337 e. The van der Waals surface area contributed by atoms with Gasteiger partial charge in [0.15, 0.2) is 0 Å². The number of halogens is 1. The molecule has 1 aliphatic rings. The second-order valence-electron chi connectivity index (χ2n) is 5.00. The number of benzene rings is 2. The summed E-state index contributed by atoms with van der Waals surface area (Å²) < 4.78 is 13.3. The molecule has 0 unspecified atom stereocenters. The first-order chi connectivity index (χ1) is 10.2.